The Hall–Kier alpha value is -0.360. The molecule has 0 radical (unpaired) electrons. The fourth-order valence-electron chi connectivity index (χ4n) is 1.34. The van der Waals surface area contributed by atoms with Crippen LogP contribution in [-0.4, -0.2) is 43.9 Å². The molecule has 2 unspecified atom stereocenters. The molecule has 0 aromatic rings. The topological polar surface area (TPSA) is 73.6 Å². The Morgan fingerprint density at radius 3 is 2.81 bits per heavy atom. The van der Waals surface area contributed by atoms with Crippen molar-refractivity contribution in [3.8, 4) is 0 Å². The molecule has 1 rings (SSSR count). The van der Waals surface area contributed by atoms with Crippen molar-refractivity contribution < 1.29 is 14.3 Å². The Morgan fingerprint density at radius 1 is 1.62 bits per heavy atom. The fourth-order valence-corrected chi connectivity index (χ4v) is 1.34. The molecule has 6 heteroatoms. The van der Waals surface area contributed by atoms with Crippen molar-refractivity contribution in [1.82, 2.24) is 5.32 Å². The van der Waals surface area contributed by atoms with Crippen LogP contribution in [0, 0.1) is 0 Å². The molecule has 3 N–H and O–H groups in total. The zero-order chi connectivity index (χ0) is 11.3. The number of ether oxygens (including phenoxy) is 2. The number of hydrogen-bond donors (Lipinski definition) is 2. The van der Waals surface area contributed by atoms with E-state index in [2.05, 4.69) is 5.32 Å². The highest BCUT2D eigenvalue weighted by Crippen LogP contribution is 2.08. The number of nitrogens with one attached hydrogen (secondary N) is 1. The number of nitrogens with two attached hydrogens (primary N) is 1. The van der Waals surface area contributed by atoms with Gasteiger partial charge in [0.25, 0.3) is 0 Å². The minimum Gasteiger partial charge on any atom is -0.379 e. The van der Waals surface area contributed by atoms with Crippen LogP contribution in [0.1, 0.15) is 20.3 Å². The molecular weight excluding hydrogens is 232 g/mol. The van der Waals surface area contributed by atoms with E-state index in [4.69, 9.17) is 15.2 Å². The first kappa shape index (κ1) is 15.6. The summed E-state index contributed by atoms with van der Waals surface area (Å²) >= 11 is 0. The lowest BCUT2D eigenvalue weighted by Crippen LogP contribution is -2.44. The summed E-state index contributed by atoms with van der Waals surface area (Å²) in [6.07, 6.45) is 1.12. The Bertz CT molecular complexity index is 208. The number of amides is 1. The first-order valence-corrected chi connectivity index (χ1v) is 5.35. The van der Waals surface area contributed by atoms with E-state index in [-0.39, 0.29) is 30.5 Å². The summed E-state index contributed by atoms with van der Waals surface area (Å²) in [6.45, 7) is 5.50. The molecule has 0 aromatic carbocycles. The third-order valence-corrected chi connectivity index (χ3v) is 2.27. The van der Waals surface area contributed by atoms with E-state index in [1.165, 1.54) is 0 Å². The maximum atomic E-state index is 11.2. The highest BCUT2D eigenvalue weighted by Gasteiger charge is 2.18. The zero-order valence-electron chi connectivity index (χ0n) is 9.77. The Kier molecular flexibility index (Phi) is 7.66. The second-order valence-corrected chi connectivity index (χ2v) is 4.02. The van der Waals surface area contributed by atoms with Gasteiger partial charge in [0.2, 0.25) is 5.91 Å². The van der Waals surface area contributed by atoms with Crippen molar-refractivity contribution >= 4 is 18.3 Å². The van der Waals surface area contributed by atoms with Gasteiger partial charge in [-0.25, -0.2) is 0 Å². The van der Waals surface area contributed by atoms with Crippen molar-refractivity contribution in [1.29, 1.82) is 0 Å². The SMILES string of the molecule is CC(COC1CCOC1)NC(=O)[C@H](C)N.Cl. The fraction of sp³-hybridized carbons (Fsp3) is 0.900. The standard InChI is InChI=1S/C10H20N2O3.ClH/c1-7(12-10(13)8(2)11)5-15-9-3-4-14-6-9;/h7-9H,3-6,11H2,1-2H3,(H,12,13);1H/t7?,8-,9?;/m0./s1. The summed E-state index contributed by atoms with van der Waals surface area (Å²) in [6, 6.07) is -0.480. The average molecular weight is 253 g/mol. The van der Waals surface area contributed by atoms with Crippen LogP contribution in [0.4, 0.5) is 0 Å². The molecule has 3 atom stereocenters. The van der Waals surface area contributed by atoms with Crippen molar-refractivity contribution in [3.63, 3.8) is 0 Å². The van der Waals surface area contributed by atoms with E-state index in [9.17, 15) is 4.79 Å². The van der Waals surface area contributed by atoms with Crippen molar-refractivity contribution in [2.45, 2.75) is 38.5 Å². The van der Waals surface area contributed by atoms with Gasteiger partial charge in [-0.05, 0) is 20.3 Å². The minimum atomic E-state index is -0.470. The molecule has 0 spiro atoms. The quantitative estimate of drug-likeness (QED) is 0.726. The van der Waals surface area contributed by atoms with Gasteiger partial charge in [0.05, 0.1) is 25.4 Å². The molecule has 1 saturated heterocycles. The number of carbonyl (C=O) groups is 1. The largest absolute Gasteiger partial charge is 0.379 e. The Labute approximate surface area is 102 Å². The molecule has 16 heavy (non-hydrogen) atoms. The molecule has 0 aromatic heterocycles. The van der Waals surface area contributed by atoms with Gasteiger partial charge in [-0.2, -0.15) is 0 Å². The van der Waals surface area contributed by atoms with Crippen LogP contribution < -0.4 is 11.1 Å². The molecule has 0 aliphatic carbocycles. The lowest BCUT2D eigenvalue weighted by atomic mass is 10.3. The van der Waals surface area contributed by atoms with Gasteiger partial charge in [-0.3, -0.25) is 4.79 Å². The molecule has 5 nitrogen and oxygen atoms in total. The molecule has 1 amide bonds. The van der Waals surface area contributed by atoms with Gasteiger partial charge in [0.15, 0.2) is 0 Å². The summed E-state index contributed by atoms with van der Waals surface area (Å²) in [7, 11) is 0. The molecule has 1 heterocycles. The van der Waals surface area contributed by atoms with E-state index in [1.54, 1.807) is 6.92 Å². The number of rotatable bonds is 5. The lowest BCUT2D eigenvalue weighted by Gasteiger charge is -2.17. The molecule has 96 valence electrons. The molecule has 0 bridgehead atoms. The summed E-state index contributed by atoms with van der Waals surface area (Å²) in [5, 5.41) is 2.77. The van der Waals surface area contributed by atoms with Gasteiger partial charge in [0.1, 0.15) is 0 Å². The minimum absolute atomic E-state index is 0. The highest BCUT2D eigenvalue weighted by atomic mass is 35.5. The Morgan fingerprint density at radius 2 is 2.31 bits per heavy atom. The second-order valence-electron chi connectivity index (χ2n) is 4.02. The van der Waals surface area contributed by atoms with Crippen molar-refractivity contribution in [2.75, 3.05) is 19.8 Å². The van der Waals surface area contributed by atoms with Crippen LogP contribution in [0.15, 0.2) is 0 Å². The Balaban J connectivity index is 0.00000225. The molecular formula is C10H21ClN2O3. The van der Waals surface area contributed by atoms with Crippen LogP contribution in [0.25, 0.3) is 0 Å². The third kappa shape index (κ3) is 5.65. The van der Waals surface area contributed by atoms with Crippen LogP contribution in [0.3, 0.4) is 0 Å². The predicted octanol–water partition coefficient (Wildman–Crippen LogP) is 0.0656. The second kappa shape index (κ2) is 7.84. The maximum Gasteiger partial charge on any atom is 0.236 e. The van der Waals surface area contributed by atoms with E-state index >= 15 is 0 Å². The van der Waals surface area contributed by atoms with E-state index in [0.717, 1.165) is 13.0 Å². The maximum absolute atomic E-state index is 11.2. The normalized spacial score (nSPS) is 23.3. The summed E-state index contributed by atoms with van der Waals surface area (Å²) in [5.41, 5.74) is 5.43. The van der Waals surface area contributed by atoms with E-state index < -0.39 is 6.04 Å². The van der Waals surface area contributed by atoms with Gasteiger partial charge >= 0.3 is 0 Å². The van der Waals surface area contributed by atoms with Crippen LogP contribution >= 0.6 is 12.4 Å². The van der Waals surface area contributed by atoms with Crippen molar-refractivity contribution in [2.24, 2.45) is 5.73 Å². The van der Waals surface area contributed by atoms with E-state index in [1.807, 2.05) is 6.92 Å². The van der Waals surface area contributed by atoms with Crippen molar-refractivity contribution in [3.05, 3.63) is 0 Å². The van der Waals surface area contributed by atoms with E-state index in [0.29, 0.717) is 13.2 Å². The van der Waals surface area contributed by atoms with Crippen LogP contribution in [0.2, 0.25) is 0 Å². The number of halogens is 1. The van der Waals surface area contributed by atoms with Gasteiger partial charge < -0.3 is 20.5 Å². The zero-order valence-corrected chi connectivity index (χ0v) is 10.6. The van der Waals surface area contributed by atoms with Gasteiger partial charge in [-0.15, -0.1) is 12.4 Å². The summed E-state index contributed by atoms with van der Waals surface area (Å²) in [4.78, 5) is 11.2. The number of hydrogen-bond acceptors (Lipinski definition) is 4. The summed E-state index contributed by atoms with van der Waals surface area (Å²) in [5.74, 6) is -0.145. The first-order valence-electron chi connectivity index (χ1n) is 5.35. The molecule has 1 fully saturated rings. The van der Waals surface area contributed by atoms with Crippen LogP contribution in [0.5, 0.6) is 0 Å². The monoisotopic (exact) mass is 252 g/mol. The van der Waals surface area contributed by atoms with Gasteiger partial charge in [-0.1, -0.05) is 0 Å². The first-order chi connectivity index (χ1) is 7.09. The highest BCUT2D eigenvalue weighted by molar-refractivity contribution is 5.85. The molecule has 1 aliphatic heterocycles. The molecule has 1 aliphatic rings. The third-order valence-electron chi connectivity index (χ3n) is 2.27. The average Bonchev–Trinajstić information content (AvgIpc) is 2.66. The number of carbonyl (C=O) groups excluding carboxylic acids is 1. The smallest absolute Gasteiger partial charge is 0.236 e. The lowest BCUT2D eigenvalue weighted by molar-refractivity contribution is -0.123. The predicted molar refractivity (Wildman–Crippen MR) is 63.7 cm³/mol. The molecule has 0 saturated carbocycles. The van der Waals surface area contributed by atoms with Gasteiger partial charge in [0, 0.05) is 12.6 Å². The summed E-state index contributed by atoms with van der Waals surface area (Å²) < 4.78 is 10.7. The van der Waals surface area contributed by atoms with Crippen LogP contribution in [-0.2, 0) is 14.3 Å².